The van der Waals surface area contributed by atoms with Crippen LogP contribution in [0.25, 0.3) is 77.5 Å². The molecule has 2 heteroatoms. The Hall–Kier alpha value is -11.1. The predicted octanol–water partition coefficient (Wildman–Crippen LogP) is 23.1. The van der Waals surface area contributed by atoms with Gasteiger partial charge < -0.3 is 9.80 Å². The van der Waals surface area contributed by atoms with Gasteiger partial charge in [-0.25, -0.2) is 0 Å². The zero-order chi connectivity index (χ0) is 58.3. The highest BCUT2D eigenvalue weighted by molar-refractivity contribution is 6.06. The van der Waals surface area contributed by atoms with Crippen LogP contribution >= 0.6 is 0 Å². The van der Waals surface area contributed by atoms with Gasteiger partial charge in [-0.15, -0.1) is 0 Å². The first-order chi connectivity index (χ1) is 43.0. The van der Waals surface area contributed by atoms with Gasteiger partial charge in [0.15, 0.2) is 0 Å². The maximum atomic E-state index is 2.46. The minimum Gasteiger partial charge on any atom is -0.310 e. The molecule has 0 radical (unpaired) electrons. The lowest BCUT2D eigenvalue weighted by molar-refractivity contribution is 0.768. The third-order valence-electron chi connectivity index (χ3n) is 17.8. The highest BCUT2D eigenvalue weighted by atomic mass is 15.1. The van der Waals surface area contributed by atoms with Crippen LogP contribution in [-0.2, 0) is 5.41 Å². The quantitative estimate of drug-likeness (QED) is 0.114. The first-order valence-electron chi connectivity index (χ1n) is 30.2. The van der Waals surface area contributed by atoms with Gasteiger partial charge in [0.1, 0.15) is 0 Å². The van der Waals surface area contributed by atoms with Crippen molar-refractivity contribution in [2.24, 2.45) is 0 Å². The largest absolute Gasteiger partial charge is 0.310 e. The minimum atomic E-state index is -0.536. The van der Waals surface area contributed by atoms with Crippen LogP contribution in [-0.4, -0.2) is 0 Å². The molecule has 15 rings (SSSR count). The lowest BCUT2D eigenvalue weighted by Crippen LogP contribution is -2.28. The monoisotopic (exact) mass is 1110 g/mol. The molecule has 0 bridgehead atoms. The minimum absolute atomic E-state index is 0.536. The van der Waals surface area contributed by atoms with E-state index < -0.39 is 5.41 Å². The van der Waals surface area contributed by atoms with Crippen LogP contribution in [0.3, 0.4) is 0 Å². The SMILES string of the molecule is Cc1ccccc1-c1c(N(c2ccccc2)c2ccc(-c3cc(-c4ccccc4)c(-c4ccc(N(c5ccccc5)c5ccc6c(c5)C(c5ccccc5)(c5ccccc5)c5cccc(C)c5-6)cc4)cc3-c3ccccc3)cc2)ccc2ccccc12. The Morgan fingerprint density at radius 2 is 0.667 bits per heavy atom. The first kappa shape index (κ1) is 52.7. The van der Waals surface area contributed by atoms with E-state index in [1.807, 2.05) is 0 Å². The van der Waals surface area contributed by atoms with Crippen LogP contribution in [0.15, 0.2) is 340 Å². The normalized spacial score (nSPS) is 12.1. The van der Waals surface area contributed by atoms with Crippen molar-refractivity contribution in [1.82, 2.24) is 0 Å². The summed E-state index contributed by atoms with van der Waals surface area (Å²) >= 11 is 0. The summed E-state index contributed by atoms with van der Waals surface area (Å²) in [6.45, 7) is 4.47. The van der Waals surface area contributed by atoms with Crippen molar-refractivity contribution >= 4 is 44.9 Å². The molecule has 0 saturated heterocycles. The molecule has 14 aromatic carbocycles. The number of fused-ring (bicyclic) bond motifs is 4. The fraction of sp³-hybridized carbons (Fsp3) is 0.0353. The van der Waals surface area contributed by atoms with Crippen LogP contribution in [0.2, 0.25) is 0 Å². The lowest BCUT2D eigenvalue weighted by Gasteiger charge is -2.35. The van der Waals surface area contributed by atoms with Gasteiger partial charge in [-0.2, -0.15) is 0 Å². The number of hydrogen-bond donors (Lipinski definition) is 0. The molecule has 0 heterocycles. The predicted molar refractivity (Wildman–Crippen MR) is 367 cm³/mol. The third-order valence-corrected chi connectivity index (χ3v) is 17.8. The van der Waals surface area contributed by atoms with Crippen molar-refractivity contribution in [1.29, 1.82) is 0 Å². The fourth-order valence-electron chi connectivity index (χ4n) is 13.8. The summed E-state index contributed by atoms with van der Waals surface area (Å²) in [6, 6.07) is 125. The molecule has 0 aromatic heterocycles. The number of hydrogen-bond acceptors (Lipinski definition) is 2. The second kappa shape index (κ2) is 22.5. The molecule has 0 N–H and O–H groups in total. The third kappa shape index (κ3) is 9.31. The first-order valence-corrected chi connectivity index (χ1v) is 30.2. The van der Waals surface area contributed by atoms with Crippen LogP contribution < -0.4 is 9.80 Å². The Bertz CT molecular complexity index is 4730. The van der Waals surface area contributed by atoms with Crippen LogP contribution in [0.5, 0.6) is 0 Å². The van der Waals surface area contributed by atoms with E-state index >= 15 is 0 Å². The molecule has 0 spiro atoms. The van der Waals surface area contributed by atoms with Gasteiger partial charge in [0.2, 0.25) is 0 Å². The molecule has 87 heavy (non-hydrogen) atoms. The second-order valence-electron chi connectivity index (χ2n) is 22.8. The van der Waals surface area contributed by atoms with E-state index in [4.69, 9.17) is 0 Å². The maximum Gasteiger partial charge on any atom is 0.0714 e. The standard InChI is InChI=1S/C85H62N2/c1-59-26-21-23-41-73(59)84-74-42-24-22-32-63(74)48-55-82(84)87(69-39-19-8-20-40-69)71-51-46-65(47-52-71)79-58-76(61-28-9-3-10-29-61)78(57-77(79)62-30-11-4-12-31-62)64-44-49-70(50-45-64)86(68-37-17-7-18-38-68)72-53-54-75-81(56-72)85(66-33-13-5-14-34-66,67-35-15-6-16-36-67)80-43-25-27-60(2)83(75)80/h3-58H,1-2H3. The molecule has 1 aliphatic carbocycles. The smallest absolute Gasteiger partial charge is 0.0714 e. The van der Waals surface area contributed by atoms with Crippen molar-refractivity contribution in [2.75, 3.05) is 9.80 Å². The zero-order valence-corrected chi connectivity index (χ0v) is 48.7. The summed E-state index contributed by atoms with van der Waals surface area (Å²) in [5.74, 6) is 0. The summed E-state index contributed by atoms with van der Waals surface area (Å²) in [4.78, 5) is 4.84. The van der Waals surface area contributed by atoms with E-state index in [0.29, 0.717) is 0 Å². The molecule has 0 fully saturated rings. The van der Waals surface area contributed by atoms with Crippen molar-refractivity contribution < 1.29 is 0 Å². The number of rotatable bonds is 13. The molecule has 0 unspecified atom stereocenters. The maximum absolute atomic E-state index is 2.46. The van der Waals surface area contributed by atoms with Crippen LogP contribution in [0, 0.1) is 13.8 Å². The molecule has 0 atom stereocenters. The highest BCUT2D eigenvalue weighted by Gasteiger charge is 2.47. The van der Waals surface area contributed by atoms with Gasteiger partial charge >= 0.3 is 0 Å². The van der Waals surface area contributed by atoms with E-state index in [1.54, 1.807) is 0 Å². The number of anilines is 6. The molecule has 412 valence electrons. The van der Waals surface area contributed by atoms with E-state index in [0.717, 1.165) is 67.5 Å². The van der Waals surface area contributed by atoms with E-state index in [-0.39, 0.29) is 0 Å². The highest BCUT2D eigenvalue weighted by Crippen LogP contribution is 2.58. The summed E-state index contributed by atoms with van der Waals surface area (Å²) in [5.41, 5.74) is 27.9. The van der Waals surface area contributed by atoms with Gasteiger partial charge in [-0.3, -0.25) is 0 Å². The lowest BCUT2D eigenvalue weighted by atomic mass is 9.67. The Balaban J connectivity index is 0.866. The summed E-state index contributed by atoms with van der Waals surface area (Å²) in [5, 5.41) is 2.44. The average Bonchev–Trinajstić information content (AvgIpc) is 1.60. The van der Waals surface area contributed by atoms with Gasteiger partial charge in [0.25, 0.3) is 0 Å². The van der Waals surface area contributed by atoms with E-state index in [2.05, 4.69) is 363 Å². The Morgan fingerprint density at radius 3 is 1.22 bits per heavy atom. The van der Waals surface area contributed by atoms with E-state index in [9.17, 15) is 0 Å². The van der Waals surface area contributed by atoms with Crippen molar-refractivity contribution in [3.63, 3.8) is 0 Å². The van der Waals surface area contributed by atoms with Gasteiger partial charge in [-0.05, 0) is 198 Å². The van der Waals surface area contributed by atoms with Gasteiger partial charge in [0.05, 0.1) is 11.1 Å². The van der Waals surface area contributed by atoms with Crippen molar-refractivity contribution in [3.05, 3.63) is 373 Å². The number of nitrogens with zero attached hydrogens (tertiary/aromatic N) is 2. The number of para-hydroxylation sites is 2. The Kier molecular flexibility index (Phi) is 13.6. The fourth-order valence-corrected chi connectivity index (χ4v) is 13.8. The number of aryl methyl sites for hydroxylation is 2. The topological polar surface area (TPSA) is 6.48 Å². The van der Waals surface area contributed by atoms with E-state index in [1.165, 1.54) is 77.5 Å². The zero-order valence-electron chi connectivity index (χ0n) is 48.7. The Labute approximate surface area is 510 Å². The Morgan fingerprint density at radius 1 is 0.241 bits per heavy atom. The van der Waals surface area contributed by atoms with Crippen LogP contribution in [0.4, 0.5) is 34.1 Å². The molecule has 0 saturated carbocycles. The number of benzene rings is 14. The molecule has 1 aliphatic rings. The summed E-state index contributed by atoms with van der Waals surface area (Å²) < 4.78 is 0. The summed E-state index contributed by atoms with van der Waals surface area (Å²) in [6.07, 6.45) is 0. The van der Waals surface area contributed by atoms with Crippen molar-refractivity contribution in [2.45, 2.75) is 19.3 Å². The summed E-state index contributed by atoms with van der Waals surface area (Å²) in [7, 11) is 0. The van der Waals surface area contributed by atoms with Crippen molar-refractivity contribution in [3.8, 4) is 66.8 Å². The molecular formula is C85H62N2. The molecule has 14 aromatic rings. The molecule has 2 nitrogen and oxygen atoms in total. The molecule has 0 amide bonds. The molecular weight excluding hydrogens is 1050 g/mol. The molecule has 0 aliphatic heterocycles. The van der Waals surface area contributed by atoms with Gasteiger partial charge in [0, 0.05) is 34.0 Å². The van der Waals surface area contributed by atoms with Gasteiger partial charge in [-0.1, -0.05) is 261 Å². The average molecular weight is 1110 g/mol. The van der Waals surface area contributed by atoms with Crippen LogP contribution in [0.1, 0.15) is 33.4 Å². The second-order valence-corrected chi connectivity index (χ2v) is 22.8.